The molecule has 0 aliphatic heterocycles. The Bertz CT molecular complexity index is 282. The van der Waals surface area contributed by atoms with Gasteiger partial charge in [-0.05, 0) is 37.2 Å². The molecule has 0 bridgehead atoms. The van der Waals surface area contributed by atoms with Crippen molar-refractivity contribution in [2.75, 3.05) is 0 Å². The lowest BCUT2D eigenvalue weighted by atomic mass is 9.78. The molecule has 1 aliphatic rings. The summed E-state index contributed by atoms with van der Waals surface area (Å²) in [5, 5.41) is 13.5. The van der Waals surface area contributed by atoms with Crippen molar-refractivity contribution in [3.05, 3.63) is 18.0 Å². The van der Waals surface area contributed by atoms with Crippen molar-refractivity contribution in [1.82, 2.24) is 9.78 Å². The van der Waals surface area contributed by atoms with Gasteiger partial charge in [0.1, 0.15) is 0 Å². The van der Waals surface area contributed by atoms with Crippen molar-refractivity contribution in [3.63, 3.8) is 0 Å². The lowest BCUT2D eigenvalue weighted by Crippen LogP contribution is -2.31. The van der Waals surface area contributed by atoms with Crippen molar-refractivity contribution in [1.29, 1.82) is 0 Å². The molecule has 2 atom stereocenters. The van der Waals surface area contributed by atoms with E-state index >= 15 is 0 Å². The largest absolute Gasteiger partial charge is 0.393 e. The van der Waals surface area contributed by atoms with E-state index in [4.69, 9.17) is 0 Å². The summed E-state index contributed by atoms with van der Waals surface area (Å²) in [6.45, 7) is 0. The van der Waals surface area contributed by atoms with Crippen LogP contribution >= 0.6 is 0 Å². The van der Waals surface area contributed by atoms with Crippen molar-refractivity contribution in [3.8, 4) is 0 Å². The highest BCUT2D eigenvalue weighted by Crippen LogP contribution is 2.31. The second kappa shape index (κ2) is 3.50. The average Bonchev–Trinajstić information content (AvgIpc) is 2.49. The molecular formula is C10H16N2O. The monoisotopic (exact) mass is 180 g/mol. The Morgan fingerprint density at radius 2 is 2.46 bits per heavy atom. The predicted octanol–water partition coefficient (Wildman–Crippen LogP) is 1.12. The summed E-state index contributed by atoms with van der Waals surface area (Å²) in [6.07, 6.45) is 8.27. The van der Waals surface area contributed by atoms with E-state index in [1.54, 1.807) is 0 Å². The van der Waals surface area contributed by atoms with Crippen LogP contribution in [0.3, 0.4) is 0 Å². The van der Waals surface area contributed by atoms with Gasteiger partial charge in [0.15, 0.2) is 0 Å². The molecule has 2 rings (SSSR count). The van der Waals surface area contributed by atoms with Crippen LogP contribution in [0.1, 0.15) is 24.8 Å². The third kappa shape index (κ3) is 1.91. The number of aryl methyl sites for hydroxylation is 2. The van der Waals surface area contributed by atoms with E-state index in [9.17, 15) is 5.11 Å². The maximum absolute atomic E-state index is 9.37. The third-order valence-electron chi connectivity index (χ3n) is 2.94. The molecule has 1 N–H and O–H groups in total. The summed E-state index contributed by atoms with van der Waals surface area (Å²) in [5.41, 5.74) is 1.28. The summed E-state index contributed by atoms with van der Waals surface area (Å²) < 4.78 is 1.83. The lowest BCUT2D eigenvalue weighted by molar-refractivity contribution is 0.0197. The number of aliphatic hydroxyl groups is 1. The molecule has 0 spiro atoms. The molecule has 1 aromatic rings. The van der Waals surface area contributed by atoms with Gasteiger partial charge in [-0.25, -0.2) is 0 Å². The topological polar surface area (TPSA) is 38.0 Å². The maximum atomic E-state index is 9.37. The standard InChI is InChI=1S/C10H16N2O/c1-12-7-8(6-11-12)2-3-9-4-5-10(9)13/h6-7,9-10,13H,2-5H2,1H3. The van der Waals surface area contributed by atoms with Gasteiger partial charge in [0.05, 0.1) is 12.3 Å². The Labute approximate surface area is 78.4 Å². The van der Waals surface area contributed by atoms with Crippen LogP contribution in [0, 0.1) is 5.92 Å². The molecule has 1 fully saturated rings. The van der Waals surface area contributed by atoms with Crippen LogP contribution in [0.5, 0.6) is 0 Å². The molecule has 1 aliphatic carbocycles. The van der Waals surface area contributed by atoms with E-state index in [1.165, 1.54) is 12.0 Å². The zero-order valence-electron chi connectivity index (χ0n) is 7.98. The number of rotatable bonds is 3. The second-order valence-corrected chi connectivity index (χ2v) is 3.97. The fraction of sp³-hybridized carbons (Fsp3) is 0.700. The fourth-order valence-electron chi connectivity index (χ4n) is 1.84. The van der Waals surface area contributed by atoms with E-state index in [2.05, 4.69) is 5.10 Å². The molecule has 0 saturated heterocycles. The van der Waals surface area contributed by atoms with Gasteiger partial charge < -0.3 is 5.11 Å². The molecule has 2 unspecified atom stereocenters. The summed E-state index contributed by atoms with van der Waals surface area (Å²) in [5.74, 6) is 0.542. The molecule has 3 heteroatoms. The van der Waals surface area contributed by atoms with Gasteiger partial charge >= 0.3 is 0 Å². The highest BCUT2D eigenvalue weighted by atomic mass is 16.3. The minimum absolute atomic E-state index is 0.0309. The van der Waals surface area contributed by atoms with Gasteiger partial charge in [0, 0.05) is 13.2 Å². The van der Waals surface area contributed by atoms with Crippen molar-refractivity contribution < 1.29 is 5.11 Å². The van der Waals surface area contributed by atoms with Gasteiger partial charge in [-0.1, -0.05) is 0 Å². The first-order valence-electron chi connectivity index (χ1n) is 4.91. The van der Waals surface area contributed by atoms with E-state index in [0.29, 0.717) is 5.92 Å². The van der Waals surface area contributed by atoms with Crippen LogP contribution in [-0.2, 0) is 13.5 Å². The lowest BCUT2D eigenvalue weighted by Gasteiger charge is -2.32. The first-order valence-corrected chi connectivity index (χ1v) is 4.91. The summed E-state index contributed by atoms with van der Waals surface area (Å²) in [7, 11) is 1.93. The first-order chi connectivity index (χ1) is 6.25. The van der Waals surface area contributed by atoms with Gasteiger partial charge in [-0.2, -0.15) is 5.10 Å². The smallest absolute Gasteiger partial charge is 0.0568 e. The second-order valence-electron chi connectivity index (χ2n) is 3.97. The van der Waals surface area contributed by atoms with Crippen LogP contribution in [-0.4, -0.2) is 21.0 Å². The summed E-state index contributed by atoms with van der Waals surface area (Å²) in [4.78, 5) is 0. The van der Waals surface area contributed by atoms with E-state index < -0.39 is 0 Å². The summed E-state index contributed by atoms with van der Waals surface area (Å²) in [6, 6.07) is 0. The van der Waals surface area contributed by atoms with E-state index in [-0.39, 0.29) is 6.10 Å². The van der Waals surface area contributed by atoms with Crippen LogP contribution in [0.25, 0.3) is 0 Å². The normalized spacial score (nSPS) is 27.2. The van der Waals surface area contributed by atoms with Gasteiger partial charge in [0.2, 0.25) is 0 Å². The number of aliphatic hydroxyl groups excluding tert-OH is 1. The van der Waals surface area contributed by atoms with Crippen molar-refractivity contribution in [2.45, 2.75) is 31.8 Å². The van der Waals surface area contributed by atoms with Crippen LogP contribution in [0.15, 0.2) is 12.4 Å². The minimum atomic E-state index is -0.0309. The highest BCUT2D eigenvalue weighted by Gasteiger charge is 2.27. The van der Waals surface area contributed by atoms with Crippen molar-refractivity contribution in [2.24, 2.45) is 13.0 Å². The predicted molar refractivity (Wildman–Crippen MR) is 50.3 cm³/mol. The molecule has 0 aromatic carbocycles. The zero-order valence-corrected chi connectivity index (χ0v) is 7.98. The molecule has 0 amide bonds. The summed E-state index contributed by atoms with van der Waals surface area (Å²) >= 11 is 0. The van der Waals surface area contributed by atoms with Crippen LogP contribution < -0.4 is 0 Å². The average molecular weight is 180 g/mol. The van der Waals surface area contributed by atoms with Gasteiger partial charge in [-0.15, -0.1) is 0 Å². The van der Waals surface area contributed by atoms with E-state index in [1.807, 2.05) is 24.1 Å². The van der Waals surface area contributed by atoms with Crippen molar-refractivity contribution >= 4 is 0 Å². The number of hydrogen-bond donors (Lipinski definition) is 1. The maximum Gasteiger partial charge on any atom is 0.0568 e. The molecule has 72 valence electrons. The van der Waals surface area contributed by atoms with Gasteiger partial charge in [0.25, 0.3) is 0 Å². The quantitative estimate of drug-likeness (QED) is 0.757. The number of aromatic nitrogens is 2. The van der Waals surface area contributed by atoms with Crippen LogP contribution in [0.4, 0.5) is 0 Å². The Morgan fingerprint density at radius 3 is 2.92 bits per heavy atom. The molecule has 13 heavy (non-hydrogen) atoms. The number of hydrogen-bond acceptors (Lipinski definition) is 2. The molecular weight excluding hydrogens is 164 g/mol. The Morgan fingerprint density at radius 1 is 1.62 bits per heavy atom. The highest BCUT2D eigenvalue weighted by molar-refractivity contribution is 5.04. The molecule has 1 aromatic heterocycles. The minimum Gasteiger partial charge on any atom is -0.393 e. The fourth-order valence-corrected chi connectivity index (χ4v) is 1.84. The van der Waals surface area contributed by atoms with Crippen LogP contribution in [0.2, 0.25) is 0 Å². The van der Waals surface area contributed by atoms with Gasteiger partial charge in [-0.3, -0.25) is 4.68 Å². The first kappa shape index (κ1) is 8.75. The SMILES string of the molecule is Cn1cc(CCC2CCC2O)cn1. The Balaban J connectivity index is 1.79. The Hall–Kier alpha value is -0.830. The molecule has 3 nitrogen and oxygen atoms in total. The van der Waals surface area contributed by atoms with E-state index in [0.717, 1.165) is 19.3 Å². The Kier molecular flexibility index (Phi) is 2.36. The molecule has 1 heterocycles. The zero-order chi connectivity index (χ0) is 9.26. The third-order valence-corrected chi connectivity index (χ3v) is 2.94. The molecule has 1 saturated carbocycles. The number of nitrogens with zero attached hydrogens (tertiary/aromatic N) is 2. The molecule has 0 radical (unpaired) electrons.